The molecule has 4 rings (SSSR count). The van der Waals surface area contributed by atoms with E-state index in [2.05, 4.69) is 53.4 Å². The van der Waals surface area contributed by atoms with Gasteiger partial charge in [0.05, 0.1) is 16.8 Å². The maximum atomic E-state index is 12.5. The number of tetrazole rings is 1. The SMILES string of the molecule is CSc1cnc(NC[C@H](C)CNc2nc3ccc(C(=O)NCc4nnnn4C)cc3s2)nc1. The molecule has 0 spiro atoms. The molecule has 33 heavy (non-hydrogen) atoms. The van der Waals surface area contributed by atoms with Crippen molar-refractivity contribution in [2.45, 2.75) is 18.4 Å². The van der Waals surface area contributed by atoms with Crippen molar-refractivity contribution in [1.82, 2.24) is 40.5 Å². The van der Waals surface area contributed by atoms with Gasteiger partial charge in [-0.15, -0.1) is 16.9 Å². The third-order valence-corrected chi connectivity index (χ3v) is 6.50. The summed E-state index contributed by atoms with van der Waals surface area (Å²) in [5, 5.41) is 21.5. The van der Waals surface area contributed by atoms with Gasteiger partial charge in [0.2, 0.25) is 5.95 Å². The summed E-state index contributed by atoms with van der Waals surface area (Å²) in [5.74, 6) is 1.36. The highest BCUT2D eigenvalue weighted by molar-refractivity contribution is 7.98. The molecular formula is C20H24N10OS2. The third kappa shape index (κ3) is 5.93. The van der Waals surface area contributed by atoms with Crippen molar-refractivity contribution < 1.29 is 4.79 Å². The van der Waals surface area contributed by atoms with Crippen molar-refractivity contribution >= 4 is 50.3 Å². The lowest BCUT2D eigenvalue weighted by molar-refractivity contribution is 0.0949. The van der Waals surface area contributed by atoms with Crippen LogP contribution in [0.5, 0.6) is 0 Å². The summed E-state index contributed by atoms with van der Waals surface area (Å²) in [6, 6.07) is 5.48. The van der Waals surface area contributed by atoms with E-state index in [1.54, 1.807) is 24.9 Å². The first-order chi connectivity index (χ1) is 16.0. The van der Waals surface area contributed by atoms with Crippen LogP contribution < -0.4 is 16.0 Å². The number of hydrogen-bond acceptors (Lipinski definition) is 11. The number of aromatic nitrogens is 7. The van der Waals surface area contributed by atoms with Crippen LogP contribution in [0.25, 0.3) is 10.2 Å². The lowest BCUT2D eigenvalue weighted by atomic mass is 10.2. The summed E-state index contributed by atoms with van der Waals surface area (Å²) in [7, 11) is 1.73. The largest absolute Gasteiger partial charge is 0.361 e. The van der Waals surface area contributed by atoms with Gasteiger partial charge in [-0.3, -0.25) is 4.79 Å². The first kappa shape index (κ1) is 22.9. The van der Waals surface area contributed by atoms with Crippen molar-refractivity contribution in [1.29, 1.82) is 0 Å². The highest BCUT2D eigenvalue weighted by Gasteiger charge is 2.12. The monoisotopic (exact) mass is 484 g/mol. The zero-order valence-corrected chi connectivity index (χ0v) is 20.1. The summed E-state index contributed by atoms with van der Waals surface area (Å²) < 4.78 is 2.47. The number of benzene rings is 1. The predicted molar refractivity (Wildman–Crippen MR) is 130 cm³/mol. The fraction of sp³-hybridized carbons (Fsp3) is 0.350. The Morgan fingerprint density at radius 3 is 2.73 bits per heavy atom. The first-order valence-electron chi connectivity index (χ1n) is 10.3. The molecule has 0 saturated heterocycles. The Morgan fingerprint density at radius 2 is 2.00 bits per heavy atom. The van der Waals surface area contributed by atoms with E-state index in [1.165, 1.54) is 16.0 Å². The van der Waals surface area contributed by atoms with Gasteiger partial charge in [-0.2, -0.15) is 0 Å². The fourth-order valence-electron chi connectivity index (χ4n) is 2.91. The Labute approximate surface area is 198 Å². The molecule has 0 aliphatic heterocycles. The summed E-state index contributed by atoms with van der Waals surface area (Å²) in [6.45, 7) is 3.88. The Morgan fingerprint density at radius 1 is 1.21 bits per heavy atom. The van der Waals surface area contributed by atoms with Gasteiger partial charge in [-0.1, -0.05) is 18.3 Å². The van der Waals surface area contributed by atoms with Crippen molar-refractivity contribution in [3.63, 3.8) is 0 Å². The molecule has 1 amide bonds. The van der Waals surface area contributed by atoms with Gasteiger partial charge in [-0.25, -0.2) is 19.6 Å². The molecule has 0 saturated carbocycles. The predicted octanol–water partition coefficient (Wildman–Crippen LogP) is 2.42. The van der Waals surface area contributed by atoms with E-state index in [4.69, 9.17) is 0 Å². The summed E-state index contributed by atoms with van der Waals surface area (Å²) in [4.78, 5) is 26.8. The van der Waals surface area contributed by atoms with Gasteiger partial charge in [0.15, 0.2) is 11.0 Å². The van der Waals surface area contributed by atoms with Crippen LogP contribution in [0.15, 0.2) is 35.5 Å². The van der Waals surface area contributed by atoms with E-state index in [9.17, 15) is 4.79 Å². The van der Waals surface area contributed by atoms with Crippen LogP contribution >= 0.6 is 23.1 Å². The Kier molecular flexibility index (Phi) is 7.29. The van der Waals surface area contributed by atoms with Crippen LogP contribution in [0.4, 0.5) is 11.1 Å². The number of hydrogen-bond donors (Lipinski definition) is 3. The minimum absolute atomic E-state index is 0.185. The van der Waals surface area contributed by atoms with E-state index in [0.29, 0.717) is 23.3 Å². The molecule has 3 aromatic heterocycles. The van der Waals surface area contributed by atoms with Gasteiger partial charge < -0.3 is 16.0 Å². The lowest BCUT2D eigenvalue weighted by Gasteiger charge is -2.13. The molecule has 0 aliphatic rings. The summed E-state index contributed by atoms with van der Waals surface area (Å²) in [6.07, 6.45) is 5.62. The van der Waals surface area contributed by atoms with Gasteiger partial charge in [0.25, 0.3) is 5.91 Å². The Hall–Kier alpha value is -3.32. The zero-order chi connectivity index (χ0) is 23.2. The van der Waals surface area contributed by atoms with E-state index in [0.717, 1.165) is 33.3 Å². The van der Waals surface area contributed by atoms with E-state index in [-0.39, 0.29) is 12.5 Å². The molecule has 0 radical (unpaired) electrons. The summed E-state index contributed by atoms with van der Waals surface area (Å²) >= 11 is 3.14. The van der Waals surface area contributed by atoms with E-state index in [1.807, 2.05) is 30.8 Å². The molecule has 13 heteroatoms. The normalized spacial score (nSPS) is 12.0. The maximum absolute atomic E-state index is 12.5. The quantitative estimate of drug-likeness (QED) is 0.288. The lowest BCUT2D eigenvalue weighted by Crippen LogP contribution is -2.24. The second kappa shape index (κ2) is 10.5. The highest BCUT2D eigenvalue weighted by atomic mass is 32.2. The number of rotatable bonds is 10. The number of amides is 1. The Bertz CT molecular complexity index is 1220. The molecular weight excluding hydrogens is 460 g/mol. The van der Waals surface area contributed by atoms with Crippen molar-refractivity contribution in [2.24, 2.45) is 13.0 Å². The number of fused-ring (bicyclic) bond motifs is 1. The second-order valence-electron chi connectivity index (χ2n) is 7.42. The molecule has 3 heterocycles. The Balaban J connectivity index is 1.29. The van der Waals surface area contributed by atoms with Crippen molar-refractivity contribution in [3.05, 3.63) is 42.0 Å². The molecule has 0 fully saturated rings. The second-order valence-corrected chi connectivity index (χ2v) is 9.33. The van der Waals surface area contributed by atoms with Crippen LogP contribution in [0.1, 0.15) is 23.1 Å². The number of aryl methyl sites for hydroxylation is 1. The molecule has 3 N–H and O–H groups in total. The van der Waals surface area contributed by atoms with Crippen LogP contribution in [0, 0.1) is 5.92 Å². The van der Waals surface area contributed by atoms with E-state index < -0.39 is 0 Å². The molecule has 0 aliphatic carbocycles. The minimum atomic E-state index is -0.185. The smallest absolute Gasteiger partial charge is 0.251 e. The topological polar surface area (TPSA) is 135 Å². The molecule has 4 aromatic rings. The van der Waals surface area contributed by atoms with E-state index >= 15 is 0 Å². The number of anilines is 2. The summed E-state index contributed by atoms with van der Waals surface area (Å²) in [5.41, 5.74) is 1.42. The van der Waals surface area contributed by atoms with Gasteiger partial charge in [0.1, 0.15) is 0 Å². The number of thioether (sulfide) groups is 1. The number of carbonyl (C=O) groups excluding carboxylic acids is 1. The van der Waals surface area contributed by atoms with Crippen LogP contribution in [0.2, 0.25) is 0 Å². The van der Waals surface area contributed by atoms with Crippen molar-refractivity contribution in [2.75, 3.05) is 30.0 Å². The highest BCUT2D eigenvalue weighted by Crippen LogP contribution is 2.27. The molecule has 0 unspecified atom stereocenters. The van der Waals surface area contributed by atoms with Gasteiger partial charge >= 0.3 is 0 Å². The van der Waals surface area contributed by atoms with Crippen molar-refractivity contribution in [3.8, 4) is 0 Å². The maximum Gasteiger partial charge on any atom is 0.251 e. The van der Waals surface area contributed by atoms with Gasteiger partial charge in [0, 0.05) is 43.0 Å². The standard InChI is InChI=1S/C20H24N10OS2/c1-12(7-22-19-23-9-14(32-3)10-24-19)8-25-20-26-15-5-4-13(6-16(15)33-20)18(31)21-11-17-27-28-29-30(17)2/h4-6,9-10,12H,7-8,11H2,1-3H3,(H,21,31)(H,25,26)(H,22,23,24)/t12-/m0/s1. The molecule has 1 atom stereocenters. The molecule has 172 valence electrons. The minimum Gasteiger partial charge on any atom is -0.361 e. The number of carbonyl (C=O) groups is 1. The van der Waals surface area contributed by atoms with Crippen LogP contribution in [0.3, 0.4) is 0 Å². The number of nitrogens with one attached hydrogen (secondary N) is 3. The molecule has 11 nitrogen and oxygen atoms in total. The third-order valence-electron chi connectivity index (χ3n) is 4.84. The average molecular weight is 485 g/mol. The van der Waals surface area contributed by atoms with Crippen LogP contribution in [-0.2, 0) is 13.6 Å². The van der Waals surface area contributed by atoms with Gasteiger partial charge in [-0.05, 0) is 40.8 Å². The average Bonchev–Trinajstić information content (AvgIpc) is 3.44. The fourth-order valence-corrected chi connectivity index (χ4v) is 4.14. The molecule has 1 aromatic carbocycles. The number of nitrogens with zero attached hydrogens (tertiary/aromatic N) is 7. The first-order valence-corrected chi connectivity index (χ1v) is 12.3. The number of thiazole rings is 1. The zero-order valence-electron chi connectivity index (χ0n) is 18.4. The van der Waals surface area contributed by atoms with Crippen LogP contribution in [-0.4, -0.2) is 60.4 Å². The molecule has 0 bridgehead atoms.